The van der Waals surface area contributed by atoms with Crippen LogP contribution in [0.3, 0.4) is 0 Å². The van der Waals surface area contributed by atoms with E-state index in [0.29, 0.717) is 5.69 Å². The van der Waals surface area contributed by atoms with Crippen LogP contribution in [0.5, 0.6) is 0 Å². The molecular weight excluding hydrogens is 273 g/mol. The van der Waals surface area contributed by atoms with Gasteiger partial charge in [0.25, 0.3) is 10.0 Å². The number of nitrogens with one attached hydrogen (secondary N) is 1. The van der Waals surface area contributed by atoms with Crippen LogP contribution in [-0.4, -0.2) is 29.7 Å². The van der Waals surface area contributed by atoms with Gasteiger partial charge in [-0.2, -0.15) is 5.10 Å². The minimum Gasteiger partial charge on any atom is -0.396 e. The van der Waals surface area contributed by atoms with Gasteiger partial charge in [0.05, 0.1) is 18.4 Å². The zero-order valence-electron chi connectivity index (χ0n) is 9.82. The van der Waals surface area contributed by atoms with Gasteiger partial charge in [-0.3, -0.25) is 4.68 Å². The van der Waals surface area contributed by atoms with Crippen molar-refractivity contribution >= 4 is 15.7 Å². The molecule has 2 rings (SSSR count). The van der Waals surface area contributed by atoms with E-state index in [-0.39, 0.29) is 13.1 Å². The molecule has 0 aromatic carbocycles. The molecular formula is C10H12FN5O2S. The first-order valence-corrected chi connectivity index (χ1v) is 6.85. The minimum absolute atomic E-state index is 0.0550. The molecule has 0 unspecified atom stereocenters. The molecule has 0 spiro atoms. The predicted molar refractivity (Wildman–Crippen MR) is 66.0 cm³/mol. The molecule has 0 bridgehead atoms. The number of nitrogens with zero attached hydrogens (tertiary/aromatic N) is 3. The van der Waals surface area contributed by atoms with Crippen molar-refractivity contribution in [3.8, 4) is 0 Å². The fraction of sp³-hybridized carbons (Fsp3) is 0.200. The zero-order valence-corrected chi connectivity index (χ0v) is 10.6. The van der Waals surface area contributed by atoms with E-state index in [1.807, 2.05) is 0 Å². The second kappa shape index (κ2) is 5.33. The lowest BCUT2D eigenvalue weighted by Gasteiger charge is -2.06. The Morgan fingerprint density at radius 1 is 1.47 bits per heavy atom. The molecule has 0 fully saturated rings. The number of halogens is 1. The standard InChI is InChI=1S/C10H12FN5O2S/c11-9-2-1-3-13-10(9)19(17,18)15-4-5-16-7-8(12)6-14-16/h1-3,6-7,15H,4-5,12H2. The Balaban J connectivity index is 2.01. The van der Waals surface area contributed by atoms with Crippen LogP contribution in [0, 0.1) is 5.82 Å². The van der Waals surface area contributed by atoms with Crippen LogP contribution in [0.25, 0.3) is 0 Å². The quantitative estimate of drug-likeness (QED) is 0.803. The summed E-state index contributed by atoms with van der Waals surface area (Å²) >= 11 is 0. The molecule has 0 aliphatic heterocycles. The Kier molecular flexibility index (Phi) is 3.76. The summed E-state index contributed by atoms with van der Waals surface area (Å²) in [5.41, 5.74) is 5.95. The van der Waals surface area contributed by atoms with Crippen molar-refractivity contribution in [1.29, 1.82) is 0 Å². The monoisotopic (exact) mass is 285 g/mol. The van der Waals surface area contributed by atoms with Crippen LogP contribution < -0.4 is 10.5 Å². The molecule has 0 aliphatic carbocycles. The number of pyridine rings is 1. The summed E-state index contributed by atoms with van der Waals surface area (Å²) in [5, 5.41) is 3.28. The molecule has 0 aliphatic rings. The molecule has 0 radical (unpaired) electrons. The van der Waals surface area contributed by atoms with Crippen LogP contribution in [0.15, 0.2) is 35.7 Å². The zero-order chi connectivity index (χ0) is 13.9. The summed E-state index contributed by atoms with van der Waals surface area (Å²) in [5.74, 6) is -0.890. The first-order chi connectivity index (χ1) is 8.99. The van der Waals surface area contributed by atoms with Crippen molar-refractivity contribution in [2.24, 2.45) is 0 Å². The third-order valence-electron chi connectivity index (χ3n) is 2.27. The van der Waals surface area contributed by atoms with E-state index in [1.54, 1.807) is 6.20 Å². The molecule has 0 saturated heterocycles. The summed E-state index contributed by atoms with van der Waals surface area (Å²) in [6, 6.07) is 2.36. The van der Waals surface area contributed by atoms with Crippen LogP contribution in [0.4, 0.5) is 10.1 Å². The normalized spacial score (nSPS) is 11.6. The number of aromatic nitrogens is 3. The first kappa shape index (κ1) is 13.4. The molecule has 2 heterocycles. The summed E-state index contributed by atoms with van der Waals surface area (Å²) in [7, 11) is -3.96. The molecule has 2 aromatic rings. The highest BCUT2D eigenvalue weighted by molar-refractivity contribution is 7.89. The van der Waals surface area contributed by atoms with Crippen molar-refractivity contribution in [2.45, 2.75) is 11.6 Å². The Labute approximate surface area is 109 Å². The second-order valence-corrected chi connectivity index (χ2v) is 5.41. The number of rotatable bonds is 5. The molecule has 3 N–H and O–H groups in total. The highest BCUT2D eigenvalue weighted by Crippen LogP contribution is 2.09. The average molecular weight is 285 g/mol. The number of nitrogens with two attached hydrogens (primary N) is 1. The third kappa shape index (κ3) is 3.26. The molecule has 7 nitrogen and oxygen atoms in total. The molecule has 19 heavy (non-hydrogen) atoms. The average Bonchev–Trinajstić information content (AvgIpc) is 2.75. The maximum Gasteiger partial charge on any atom is 0.261 e. The number of sulfonamides is 1. The van der Waals surface area contributed by atoms with Crippen LogP contribution >= 0.6 is 0 Å². The van der Waals surface area contributed by atoms with Gasteiger partial charge in [-0.15, -0.1) is 0 Å². The molecule has 2 aromatic heterocycles. The topological polar surface area (TPSA) is 103 Å². The number of hydrogen-bond donors (Lipinski definition) is 2. The van der Waals surface area contributed by atoms with Crippen molar-refractivity contribution in [2.75, 3.05) is 12.3 Å². The Morgan fingerprint density at radius 2 is 2.26 bits per heavy atom. The van der Waals surface area contributed by atoms with Crippen molar-refractivity contribution in [3.63, 3.8) is 0 Å². The van der Waals surface area contributed by atoms with Crippen molar-refractivity contribution in [1.82, 2.24) is 19.5 Å². The highest BCUT2D eigenvalue weighted by Gasteiger charge is 2.19. The smallest absolute Gasteiger partial charge is 0.261 e. The Bertz CT molecular complexity index is 670. The van der Waals surface area contributed by atoms with Gasteiger partial charge in [0.1, 0.15) is 0 Å². The fourth-order valence-corrected chi connectivity index (χ4v) is 2.45. The van der Waals surface area contributed by atoms with Crippen LogP contribution in [-0.2, 0) is 16.6 Å². The maximum absolute atomic E-state index is 13.3. The van der Waals surface area contributed by atoms with Crippen molar-refractivity contribution < 1.29 is 12.8 Å². The largest absolute Gasteiger partial charge is 0.396 e. The van der Waals surface area contributed by atoms with E-state index in [1.165, 1.54) is 23.1 Å². The fourth-order valence-electron chi connectivity index (χ4n) is 1.43. The van der Waals surface area contributed by atoms with Gasteiger partial charge in [0.2, 0.25) is 5.03 Å². The SMILES string of the molecule is Nc1cnn(CCNS(=O)(=O)c2ncccc2F)c1. The minimum atomic E-state index is -3.96. The summed E-state index contributed by atoms with van der Waals surface area (Å²) < 4.78 is 40.6. The van der Waals surface area contributed by atoms with Crippen LogP contribution in [0.2, 0.25) is 0 Å². The predicted octanol–water partition coefficient (Wildman–Crippen LogP) is -0.0221. The van der Waals surface area contributed by atoms with Gasteiger partial charge in [-0.25, -0.2) is 22.5 Å². The molecule has 0 saturated carbocycles. The van der Waals surface area contributed by atoms with E-state index in [0.717, 1.165) is 6.07 Å². The Morgan fingerprint density at radius 3 is 2.89 bits per heavy atom. The van der Waals surface area contributed by atoms with Crippen molar-refractivity contribution in [3.05, 3.63) is 36.5 Å². The van der Waals surface area contributed by atoms with Gasteiger partial charge in [-0.1, -0.05) is 0 Å². The van der Waals surface area contributed by atoms with E-state index in [2.05, 4.69) is 14.8 Å². The van der Waals surface area contributed by atoms with E-state index in [9.17, 15) is 12.8 Å². The van der Waals surface area contributed by atoms with Gasteiger partial charge >= 0.3 is 0 Å². The summed E-state index contributed by atoms with van der Waals surface area (Å²) in [6.45, 7) is 0.338. The number of anilines is 1. The number of hydrogen-bond acceptors (Lipinski definition) is 5. The Hall–Kier alpha value is -2.00. The number of nitrogen functional groups attached to an aromatic ring is 1. The first-order valence-electron chi connectivity index (χ1n) is 5.37. The van der Waals surface area contributed by atoms with Gasteiger partial charge in [-0.05, 0) is 12.1 Å². The maximum atomic E-state index is 13.3. The summed E-state index contributed by atoms with van der Waals surface area (Å²) in [4.78, 5) is 3.51. The lowest BCUT2D eigenvalue weighted by molar-refractivity contribution is 0.535. The molecule has 9 heteroatoms. The molecule has 102 valence electrons. The lowest BCUT2D eigenvalue weighted by atomic mass is 10.5. The highest BCUT2D eigenvalue weighted by atomic mass is 32.2. The summed E-state index contributed by atoms with van der Waals surface area (Å²) in [6.07, 6.45) is 4.23. The second-order valence-electron chi connectivity index (χ2n) is 3.72. The van der Waals surface area contributed by atoms with Gasteiger partial charge in [0, 0.05) is 18.9 Å². The van der Waals surface area contributed by atoms with Gasteiger partial charge < -0.3 is 5.73 Å². The lowest BCUT2D eigenvalue weighted by Crippen LogP contribution is -2.29. The van der Waals surface area contributed by atoms with E-state index >= 15 is 0 Å². The van der Waals surface area contributed by atoms with Crippen LogP contribution in [0.1, 0.15) is 0 Å². The van der Waals surface area contributed by atoms with Gasteiger partial charge in [0.15, 0.2) is 5.82 Å². The van der Waals surface area contributed by atoms with E-state index in [4.69, 9.17) is 5.73 Å². The molecule has 0 amide bonds. The third-order valence-corrected chi connectivity index (χ3v) is 3.66. The van der Waals surface area contributed by atoms with E-state index < -0.39 is 20.9 Å². The molecule has 0 atom stereocenters.